The van der Waals surface area contributed by atoms with Crippen LogP contribution in [0.4, 0.5) is 5.69 Å². The van der Waals surface area contributed by atoms with Crippen molar-refractivity contribution in [1.29, 1.82) is 5.26 Å². The first-order valence-electron chi connectivity index (χ1n) is 11.9. The van der Waals surface area contributed by atoms with Gasteiger partial charge in [-0.1, -0.05) is 12.1 Å². The fraction of sp³-hybridized carbons (Fsp3) is 0.333. The van der Waals surface area contributed by atoms with E-state index in [4.69, 9.17) is 9.53 Å². The number of carbonyl (C=O) groups excluding carboxylic acids is 1. The molecule has 0 spiro atoms. The number of nitriles is 1. The van der Waals surface area contributed by atoms with Gasteiger partial charge in [-0.3, -0.25) is 5.10 Å². The number of H-pyrrole nitrogens is 1. The highest BCUT2D eigenvalue weighted by molar-refractivity contribution is 5.95. The SMILES string of the molecule is C=O.CC(C)Nc1ccc(-c2c(C#N)c3ccc(OCc4ncn[nH]4)cc3n2CC2CC2)cc1.CN. The van der Waals surface area contributed by atoms with Crippen LogP contribution in [0, 0.1) is 17.2 Å². The van der Waals surface area contributed by atoms with Crippen molar-refractivity contribution in [1.82, 2.24) is 19.7 Å². The summed E-state index contributed by atoms with van der Waals surface area (Å²) < 4.78 is 8.24. The molecule has 9 nitrogen and oxygen atoms in total. The van der Waals surface area contributed by atoms with Crippen LogP contribution in [0.1, 0.15) is 38.1 Å². The largest absolute Gasteiger partial charge is 0.486 e. The molecule has 2 aromatic carbocycles. The summed E-state index contributed by atoms with van der Waals surface area (Å²) in [7, 11) is 1.50. The molecule has 1 aliphatic carbocycles. The predicted molar refractivity (Wildman–Crippen MR) is 142 cm³/mol. The van der Waals surface area contributed by atoms with Crippen molar-refractivity contribution >= 4 is 23.4 Å². The molecule has 1 saturated carbocycles. The number of aromatic nitrogens is 4. The Morgan fingerprint density at radius 1 is 1.22 bits per heavy atom. The molecular formula is C27H33N7O2. The van der Waals surface area contributed by atoms with Gasteiger partial charge in [-0.15, -0.1) is 0 Å². The van der Waals surface area contributed by atoms with Crippen molar-refractivity contribution in [3.63, 3.8) is 0 Å². The number of fused-ring (bicyclic) bond motifs is 1. The number of nitrogens with one attached hydrogen (secondary N) is 2. The summed E-state index contributed by atoms with van der Waals surface area (Å²) in [6.45, 7) is 7.47. The van der Waals surface area contributed by atoms with E-state index < -0.39 is 0 Å². The third-order valence-electron chi connectivity index (χ3n) is 5.74. The third kappa shape index (κ3) is 6.09. The van der Waals surface area contributed by atoms with Gasteiger partial charge in [0.2, 0.25) is 0 Å². The smallest absolute Gasteiger partial charge is 0.162 e. The molecule has 0 atom stereocenters. The fourth-order valence-electron chi connectivity index (χ4n) is 4.09. The Bertz CT molecular complexity index is 1280. The highest BCUT2D eigenvalue weighted by atomic mass is 16.5. The minimum absolute atomic E-state index is 0.317. The second-order valence-corrected chi connectivity index (χ2v) is 8.67. The highest BCUT2D eigenvalue weighted by Crippen LogP contribution is 2.39. The van der Waals surface area contributed by atoms with Crippen molar-refractivity contribution in [2.45, 2.75) is 45.9 Å². The minimum atomic E-state index is 0.317. The molecule has 0 aliphatic heterocycles. The zero-order valence-corrected chi connectivity index (χ0v) is 21.0. The maximum Gasteiger partial charge on any atom is 0.162 e. The average molecular weight is 488 g/mol. The van der Waals surface area contributed by atoms with E-state index >= 15 is 0 Å². The lowest BCUT2D eigenvalue weighted by Gasteiger charge is -2.13. The summed E-state index contributed by atoms with van der Waals surface area (Å²) in [5, 5.41) is 21.1. The van der Waals surface area contributed by atoms with Gasteiger partial charge in [-0.05, 0) is 69.5 Å². The zero-order valence-electron chi connectivity index (χ0n) is 21.0. The molecule has 1 fully saturated rings. The standard InChI is InChI=1S/C25H26N6O.CH5N.CH2O/c1-16(2)29-19-7-5-18(6-8-19)25-22(12-26)21-10-9-20(32-14-24-27-15-28-30-24)11-23(21)31(25)13-17-3-4-17;2*1-2/h5-11,15-17,29H,3-4,13-14H2,1-2H3,(H,27,28,30);2H2,1H3;1H2. The molecule has 0 bridgehead atoms. The second kappa shape index (κ2) is 12.5. The first kappa shape index (κ1) is 26.4. The van der Waals surface area contributed by atoms with Crippen LogP contribution >= 0.6 is 0 Å². The first-order chi connectivity index (χ1) is 17.6. The van der Waals surface area contributed by atoms with Gasteiger partial charge in [-0.25, -0.2) is 4.98 Å². The van der Waals surface area contributed by atoms with Gasteiger partial charge in [0.15, 0.2) is 5.82 Å². The van der Waals surface area contributed by atoms with Gasteiger partial charge < -0.3 is 25.1 Å². The number of nitrogens with zero attached hydrogens (tertiary/aromatic N) is 4. The Kier molecular flexibility index (Phi) is 9.19. The number of rotatable bonds is 8. The molecule has 2 heterocycles. The van der Waals surface area contributed by atoms with Gasteiger partial charge in [0.1, 0.15) is 31.5 Å². The molecule has 4 N–H and O–H groups in total. The lowest BCUT2D eigenvalue weighted by molar-refractivity contribution is -0.0979. The third-order valence-corrected chi connectivity index (χ3v) is 5.74. The Hall–Kier alpha value is -4.16. The molecule has 188 valence electrons. The van der Waals surface area contributed by atoms with E-state index in [1.165, 1.54) is 26.2 Å². The van der Waals surface area contributed by atoms with Crippen LogP contribution in [0.3, 0.4) is 0 Å². The molecule has 2 aromatic heterocycles. The van der Waals surface area contributed by atoms with Gasteiger partial charge >= 0.3 is 0 Å². The van der Waals surface area contributed by atoms with Gasteiger partial charge in [0, 0.05) is 29.7 Å². The van der Waals surface area contributed by atoms with E-state index in [2.05, 4.69) is 75.0 Å². The summed E-state index contributed by atoms with van der Waals surface area (Å²) in [5.74, 6) is 2.08. The summed E-state index contributed by atoms with van der Waals surface area (Å²) >= 11 is 0. The van der Waals surface area contributed by atoms with Crippen LogP contribution < -0.4 is 15.8 Å². The highest BCUT2D eigenvalue weighted by Gasteiger charge is 2.26. The van der Waals surface area contributed by atoms with Crippen LogP contribution in [0.25, 0.3) is 22.2 Å². The van der Waals surface area contributed by atoms with Crippen molar-refractivity contribution < 1.29 is 9.53 Å². The van der Waals surface area contributed by atoms with Crippen molar-refractivity contribution in [2.75, 3.05) is 12.4 Å². The number of aromatic amines is 1. The van der Waals surface area contributed by atoms with Crippen LogP contribution in [0.15, 0.2) is 48.8 Å². The molecule has 0 amide bonds. The summed E-state index contributed by atoms with van der Waals surface area (Å²) in [5.41, 5.74) is 9.36. The number of anilines is 1. The summed E-state index contributed by atoms with van der Waals surface area (Å²) in [4.78, 5) is 12.1. The average Bonchev–Trinajstić information content (AvgIpc) is 3.47. The van der Waals surface area contributed by atoms with Crippen LogP contribution in [0.2, 0.25) is 0 Å². The topological polar surface area (TPSA) is 135 Å². The van der Waals surface area contributed by atoms with Gasteiger partial charge in [0.25, 0.3) is 0 Å². The maximum atomic E-state index is 10.1. The monoisotopic (exact) mass is 487 g/mol. The molecular weight excluding hydrogens is 454 g/mol. The molecule has 0 saturated heterocycles. The fourth-order valence-corrected chi connectivity index (χ4v) is 4.09. The Balaban J connectivity index is 0.000000861. The Labute approximate surface area is 211 Å². The van der Waals surface area contributed by atoms with Crippen molar-refractivity contribution in [3.8, 4) is 23.1 Å². The molecule has 0 unspecified atom stereocenters. The van der Waals surface area contributed by atoms with Gasteiger partial charge in [0.05, 0.1) is 16.8 Å². The normalized spacial score (nSPS) is 12.2. The number of ether oxygens (including phenoxy) is 1. The van der Waals surface area contributed by atoms with E-state index in [-0.39, 0.29) is 0 Å². The first-order valence-corrected chi connectivity index (χ1v) is 11.9. The summed E-state index contributed by atoms with van der Waals surface area (Å²) in [6.07, 6.45) is 3.94. The molecule has 1 aliphatic rings. The Morgan fingerprint density at radius 2 is 1.94 bits per heavy atom. The van der Waals surface area contributed by atoms with E-state index in [9.17, 15) is 5.26 Å². The van der Waals surface area contributed by atoms with E-state index in [0.29, 0.717) is 30.0 Å². The number of carbonyl (C=O) groups is 1. The van der Waals surface area contributed by atoms with Crippen LogP contribution in [-0.2, 0) is 17.9 Å². The molecule has 9 heteroatoms. The zero-order chi connectivity index (χ0) is 26.1. The minimum Gasteiger partial charge on any atom is -0.486 e. The molecule has 5 rings (SSSR count). The summed E-state index contributed by atoms with van der Waals surface area (Å²) in [6, 6.07) is 17.2. The number of hydrogen-bond acceptors (Lipinski definition) is 7. The van der Waals surface area contributed by atoms with Crippen molar-refractivity contribution in [3.05, 3.63) is 60.2 Å². The van der Waals surface area contributed by atoms with Crippen LogP contribution in [-0.4, -0.2) is 39.6 Å². The maximum absolute atomic E-state index is 10.1. The van der Waals surface area contributed by atoms with Crippen LogP contribution in [0.5, 0.6) is 5.75 Å². The molecule has 0 radical (unpaired) electrons. The van der Waals surface area contributed by atoms with Crippen molar-refractivity contribution in [2.24, 2.45) is 11.7 Å². The molecule has 36 heavy (non-hydrogen) atoms. The van der Waals surface area contributed by atoms with E-state index in [1.54, 1.807) is 0 Å². The van der Waals surface area contributed by atoms with Gasteiger partial charge in [-0.2, -0.15) is 10.4 Å². The van der Waals surface area contributed by atoms with E-state index in [0.717, 1.165) is 40.1 Å². The Morgan fingerprint density at radius 3 is 2.53 bits per heavy atom. The number of hydrogen-bond donors (Lipinski definition) is 3. The lowest BCUT2D eigenvalue weighted by atomic mass is 10.1. The quantitative estimate of drug-likeness (QED) is 0.333. The lowest BCUT2D eigenvalue weighted by Crippen LogP contribution is -2.09. The van der Waals surface area contributed by atoms with E-state index in [1.807, 2.05) is 25.0 Å². The number of benzene rings is 2. The second-order valence-electron chi connectivity index (χ2n) is 8.67. The molecule has 4 aromatic rings. The predicted octanol–water partition coefficient (Wildman–Crippen LogP) is 4.50. The number of nitrogens with two attached hydrogens (primary N) is 1.